The first-order valence-corrected chi connectivity index (χ1v) is 8.14. The summed E-state index contributed by atoms with van der Waals surface area (Å²) < 4.78 is 0. The van der Waals surface area contributed by atoms with Crippen LogP contribution in [0.25, 0.3) is 0 Å². The molecule has 0 aliphatic heterocycles. The van der Waals surface area contributed by atoms with E-state index in [0.717, 1.165) is 24.1 Å². The molecule has 0 amide bonds. The van der Waals surface area contributed by atoms with Crippen LogP contribution in [0.15, 0.2) is 36.4 Å². The van der Waals surface area contributed by atoms with Gasteiger partial charge in [0.25, 0.3) is 0 Å². The summed E-state index contributed by atoms with van der Waals surface area (Å²) in [5, 5.41) is 5.85. The first-order chi connectivity index (χ1) is 10.0. The molecule has 112 valence electrons. The van der Waals surface area contributed by atoms with E-state index in [4.69, 9.17) is 46.4 Å². The zero-order chi connectivity index (χ0) is 15.4. The van der Waals surface area contributed by atoms with Crippen molar-refractivity contribution in [3.63, 3.8) is 0 Å². The van der Waals surface area contributed by atoms with Crippen molar-refractivity contribution < 1.29 is 0 Å². The van der Waals surface area contributed by atoms with Crippen molar-refractivity contribution in [1.82, 2.24) is 5.32 Å². The summed E-state index contributed by atoms with van der Waals surface area (Å²) in [5.74, 6) is 0. The van der Waals surface area contributed by atoms with Crippen LogP contribution in [0.2, 0.25) is 20.1 Å². The zero-order valence-corrected chi connectivity index (χ0v) is 14.5. The number of halogens is 4. The van der Waals surface area contributed by atoms with Gasteiger partial charge in [0.1, 0.15) is 0 Å². The number of likely N-dealkylation sites (N-methyl/N-ethyl adjacent to an activating group) is 1. The van der Waals surface area contributed by atoms with Gasteiger partial charge < -0.3 is 5.32 Å². The molecule has 0 aromatic heterocycles. The molecular weight excluding hydrogens is 348 g/mol. The van der Waals surface area contributed by atoms with Gasteiger partial charge >= 0.3 is 0 Å². The predicted molar refractivity (Wildman–Crippen MR) is 93.0 cm³/mol. The number of hydrogen-bond donors (Lipinski definition) is 1. The molecule has 0 saturated carbocycles. The molecule has 1 N–H and O–H groups in total. The van der Waals surface area contributed by atoms with Gasteiger partial charge in [0.05, 0.1) is 10.0 Å². The average molecular weight is 363 g/mol. The van der Waals surface area contributed by atoms with Gasteiger partial charge in [0, 0.05) is 16.1 Å². The third-order valence-electron chi connectivity index (χ3n) is 3.21. The summed E-state index contributed by atoms with van der Waals surface area (Å²) in [6.45, 7) is 2.90. The highest BCUT2D eigenvalue weighted by Gasteiger charge is 2.15. The maximum absolute atomic E-state index is 6.31. The van der Waals surface area contributed by atoms with E-state index in [9.17, 15) is 0 Å². The highest BCUT2D eigenvalue weighted by molar-refractivity contribution is 6.42. The standard InChI is InChI=1S/C16H15Cl4N/c1-2-21-16(12-5-4-11(17)9-14(12)19)8-10-3-6-13(18)15(20)7-10/h3-7,9,16,21H,2,8H2,1H3. The minimum atomic E-state index is 0.0945. The molecule has 1 atom stereocenters. The highest BCUT2D eigenvalue weighted by atomic mass is 35.5. The van der Waals surface area contributed by atoms with Crippen molar-refractivity contribution in [3.05, 3.63) is 67.6 Å². The minimum absolute atomic E-state index is 0.0945. The second-order valence-electron chi connectivity index (χ2n) is 4.73. The number of hydrogen-bond acceptors (Lipinski definition) is 1. The zero-order valence-electron chi connectivity index (χ0n) is 11.5. The SMILES string of the molecule is CCNC(Cc1ccc(Cl)c(Cl)c1)c1ccc(Cl)cc1Cl. The average Bonchev–Trinajstić information content (AvgIpc) is 2.42. The topological polar surface area (TPSA) is 12.0 Å². The van der Waals surface area contributed by atoms with E-state index < -0.39 is 0 Å². The molecule has 0 fully saturated rings. The van der Waals surface area contributed by atoms with E-state index >= 15 is 0 Å². The van der Waals surface area contributed by atoms with Crippen LogP contribution in [0.1, 0.15) is 24.1 Å². The molecule has 0 aliphatic carbocycles. The molecule has 2 aromatic carbocycles. The summed E-state index contributed by atoms with van der Waals surface area (Å²) in [5.41, 5.74) is 2.12. The van der Waals surface area contributed by atoms with Gasteiger partial charge in [-0.25, -0.2) is 0 Å². The summed E-state index contributed by atoms with van der Waals surface area (Å²) in [4.78, 5) is 0. The van der Waals surface area contributed by atoms with Gasteiger partial charge in [-0.05, 0) is 48.4 Å². The Balaban J connectivity index is 2.28. The lowest BCUT2D eigenvalue weighted by Gasteiger charge is -2.20. The van der Waals surface area contributed by atoms with Gasteiger partial charge in [-0.3, -0.25) is 0 Å². The third-order valence-corrected chi connectivity index (χ3v) is 4.51. The third kappa shape index (κ3) is 4.51. The van der Waals surface area contributed by atoms with Crippen molar-refractivity contribution in [2.45, 2.75) is 19.4 Å². The smallest absolute Gasteiger partial charge is 0.0595 e. The fourth-order valence-electron chi connectivity index (χ4n) is 2.22. The Kier molecular flexibility index (Phi) is 6.21. The van der Waals surface area contributed by atoms with Crippen LogP contribution in [-0.2, 0) is 6.42 Å². The number of rotatable bonds is 5. The lowest BCUT2D eigenvalue weighted by Crippen LogP contribution is -2.23. The Bertz CT molecular complexity index is 628. The second-order valence-corrected chi connectivity index (χ2v) is 6.39. The molecule has 1 nitrogen and oxygen atoms in total. The Morgan fingerprint density at radius 1 is 0.905 bits per heavy atom. The number of nitrogens with one attached hydrogen (secondary N) is 1. The molecule has 0 bridgehead atoms. The molecule has 0 aliphatic rings. The van der Waals surface area contributed by atoms with Gasteiger partial charge in [0.15, 0.2) is 0 Å². The van der Waals surface area contributed by atoms with E-state index in [1.54, 1.807) is 6.07 Å². The second kappa shape index (κ2) is 7.71. The molecule has 0 saturated heterocycles. The molecule has 2 aromatic rings. The summed E-state index contributed by atoms with van der Waals surface area (Å²) >= 11 is 24.3. The summed E-state index contributed by atoms with van der Waals surface area (Å²) in [6.07, 6.45) is 0.770. The molecular formula is C16H15Cl4N. The van der Waals surface area contributed by atoms with Crippen molar-refractivity contribution in [2.24, 2.45) is 0 Å². The molecule has 0 spiro atoms. The van der Waals surface area contributed by atoms with Crippen LogP contribution in [0.3, 0.4) is 0 Å². The van der Waals surface area contributed by atoms with Crippen molar-refractivity contribution >= 4 is 46.4 Å². The van der Waals surface area contributed by atoms with Gasteiger partial charge in [0.2, 0.25) is 0 Å². The van der Waals surface area contributed by atoms with Gasteiger partial charge in [-0.2, -0.15) is 0 Å². The van der Waals surface area contributed by atoms with Crippen LogP contribution < -0.4 is 5.32 Å². The summed E-state index contributed by atoms with van der Waals surface area (Å²) in [7, 11) is 0. The Labute approximate surface area is 145 Å². The first kappa shape index (κ1) is 16.9. The summed E-state index contributed by atoms with van der Waals surface area (Å²) in [6, 6.07) is 11.3. The first-order valence-electron chi connectivity index (χ1n) is 6.63. The fourth-order valence-corrected chi connectivity index (χ4v) is 3.09. The maximum atomic E-state index is 6.31. The van der Waals surface area contributed by atoms with E-state index in [-0.39, 0.29) is 6.04 Å². The number of benzene rings is 2. The maximum Gasteiger partial charge on any atom is 0.0595 e. The fraction of sp³-hybridized carbons (Fsp3) is 0.250. The lowest BCUT2D eigenvalue weighted by molar-refractivity contribution is 0.550. The van der Waals surface area contributed by atoms with E-state index in [1.165, 1.54) is 0 Å². The Hall–Kier alpha value is -0.440. The Morgan fingerprint density at radius 2 is 1.67 bits per heavy atom. The van der Waals surface area contributed by atoms with Crippen LogP contribution in [0.5, 0.6) is 0 Å². The van der Waals surface area contributed by atoms with E-state index in [1.807, 2.05) is 30.3 Å². The molecule has 1 unspecified atom stereocenters. The normalized spacial score (nSPS) is 12.4. The quantitative estimate of drug-likeness (QED) is 0.668. The van der Waals surface area contributed by atoms with Gasteiger partial charge in [-0.1, -0.05) is 65.5 Å². The van der Waals surface area contributed by atoms with Crippen molar-refractivity contribution in [3.8, 4) is 0 Å². The molecule has 21 heavy (non-hydrogen) atoms. The largest absolute Gasteiger partial charge is 0.310 e. The van der Waals surface area contributed by atoms with Crippen molar-refractivity contribution in [2.75, 3.05) is 6.54 Å². The van der Waals surface area contributed by atoms with Gasteiger partial charge in [-0.15, -0.1) is 0 Å². The van der Waals surface area contributed by atoms with Crippen LogP contribution in [-0.4, -0.2) is 6.54 Å². The molecule has 0 heterocycles. The van der Waals surface area contributed by atoms with Crippen LogP contribution in [0, 0.1) is 0 Å². The van der Waals surface area contributed by atoms with Crippen LogP contribution >= 0.6 is 46.4 Å². The van der Waals surface area contributed by atoms with E-state index in [0.29, 0.717) is 20.1 Å². The monoisotopic (exact) mass is 361 g/mol. The molecule has 5 heteroatoms. The van der Waals surface area contributed by atoms with Crippen molar-refractivity contribution in [1.29, 1.82) is 0 Å². The molecule has 2 rings (SSSR count). The van der Waals surface area contributed by atoms with Crippen LogP contribution in [0.4, 0.5) is 0 Å². The predicted octanol–water partition coefficient (Wildman–Crippen LogP) is 6.19. The van der Waals surface area contributed by atoms with E-state index in [2.05, 4.69) is 12.2 Å². The highest BCUT2D eigenvalue weighted by Crippen LogP contribution is 2.30. The lowest BCUT2D eigenvalue weighted by atomic mass is 9.98. The Morgan fingerprint density at radius 3 is 2.29 bits per heavy atom. The molecule has 0 radical (unpaired) electrons. The minimum Gasteiger partial charge on any atom is -0.310 e.